The van der Waals surface area contributed by atoms with E-state index in [0.717, 1.165) is 18.8 Å². The van der Waals surface area contributed by atoms with Gasteiger partial charge in [0.2, 0.25) is 0 Å². The Hall–Kier alpha value is -1.66. The molecule has 2 aromatic rings. The molecule has 0 aliphatic rings. The maximum Gasteiger partial charge on any atom is 0.158 e. The Bertz CT molecular complexity index is 503. The van der Waals surface area contributed by atoms with Crippen LogP contribution in [-0.2, 0) is 17.8 Å². The fraction of sp³-hybridized carbons (Fsp3) is 0.417. The second kappa shape index (κ2) is 7.06. The second-order valence-corrected chi connectivity index (χ2v) is 4.23. The summed E-state index contributed by atoms with van der Waals surface area (Å²) < 4.78 is 5.27. The highest BCUT2D eigenvalue weighted by atomic mass is 35.5. The number of halogens is 1. The summed E-state index contributed by atoms with van der Waals surface area (Å²) in [6.45, 7) is 3.63. The maximum atomic E-state index is 5.94. The van der Waals surface area contributed by atoms with Gasteiger partial charge >= 0.3 is 0 Å². The Morgan fingerprint density at radius 2 is 2.32 bits per heavy atom. The molecule has 19 heavy (non-hydrogen) atoms. The predicted octanol–water partition coefficient (Wildman–Crippen LogP) is 2.04. The van der Waals surface area contributed by atoms with E-state index in [1.165, 1.54) is 0 Å². The molecule has 0 aromatic carbocycles. The van der Waals surface area contributed by atoms with Gasteiger partial charge in [-0.25, -0.2) is 15.0 Å². The van der Waals surface area contributed by atoms with Gasteiger partial charge in [-0.2, -0.15) is 0 Å². The summed E-state index contributed by atoms with van der Waals surface area (Å²) in [6, 6.07) is 1.69. The van der Waals surface area contributed by atoms with Gasteiger partial charge in [-0.05, 0) is 6.92 Å². The number of rotatable bonds is 7. The average molecular weight is 282 g/mol. The lowest BCUT2D eigenvalue weighted by Crippen LogP contribution is -2.09. The van der Waals surface area contributed by atoms with Crippen molar-refractivity contribution in [1.82, 2.24) is 19.9 Å². The van der Waals surface area contributed by atoms with Crippen LogP contribution < -0.4 is 5.32 Å². The zero-order valence-electron chi connectivity index (χ0n) is 10.7. The highest BCUT2D eigenvalue weighted by molar-refractivity contribution is 6.29. The van der Waals surface area contributed by atoms with Crippen molar-refractivity contribution in [3.8, 4) is 0 Å². The van der Waals surface area contributed by atoms with Gasteiger partial charge in [0, 0.05) is 38.0 Å². The minimum Gasteiger partial charge on any atom is -0.374 e. The predicted molar refractivity (Wildman–Crippen MR) is 73.2 cm³/mol. The molecule has 0 saturated heterocycles. The molecule has 0 radical (unpaired) electrons. The molecule has 0 atom stereocenters. The summed E-state index contributed by atoms with van der Waals surface area (Å²) >= 11 is 5.94. The van der Waals surface area contributed by atoms with Crippen LogP contribution in [0.2, 0.25) is 5.15 Å². The molecule has 2 rings (SSSR count). The first-order valence-corrected chi connectivity index (χ1v) is 6.49. The van der Waals surface area contributed by atoms with Crippen LogP contribution in [0.4, 0.5) is 5.82 Å². The number of anilines is 1. The van der Waals surface area contributed by atoms with Crippen LogP contribution in [0.15, 0.2) is 18.5 Å². The van der Waals surface area contributed by atoms with Crippen LogP contribution in [0, 0.1) is 0 Å². The third kappa shape index (κ3) is 4.50. The molecular weight excluding hydrogens is 266 g/mol. The van der Waals surface area contributed by atoms with Crippen molar-refractivity contribution >= 4 is 17.4 Å². The number of nitrogens with zero attached hydrogens (tertiary/aromatic N) is 3. The molecule has 2 N–H and O–H groups in total. The van der Waals surface area contributed by atoms with Crippen LogP contribution >= 0.6 is 11.6 Å². The van der Waals surface area contributed by atoms with Gasteiger partial charge in [-0.15, -0.1) is 0 Å². The number of aromatic amines is 1. The van der Waals surface area contributed by atoms with E-state index in [1.54, 1.807) is 18.5 Å². The van der Waals surface area contributed by atoms with Crippen molar-refractivity contribution in [2.24, 2.45) is 0 Å². The Morgan fingerprint density at radius 1 is 1.42 bits per heavy atom. The molecule has 2 heterocycles. The van der Waals surface area contributed by atoms with Crippen LogP contribution in [-0.4, -0.2) is 33.1 Å². The topological polar surface area (TPSA) is 75.7 Å². The number of imidazole rings is 1. The Balaban J connectivity index is 1.90. The van der Waals surface area contributed by atoms with Crippen molar-refractivity contribution in [1.29, 1.82) is 0 Å². The summed E-state index contributed by atoms with van der Waals surface area (Å²) in [5, 5.41) is 3.60. The highest BCUT2D eigenvalue weighted by Crippen LogP contribution is 2.12. The summed E-state index contributed by atoms with van der Waals surface area (Å²) in [4.78, 5) is 15.6. The Kier molecular flexibility index (Phi) is 5.11. The Labute approximate surface area is 116 Å². The van der Waals surface area contributed by atoms with E-state index in [0.29, 0.717) is 30.0 Å². The van der Waals surface area contributed by atoms with Crippen LogP contribution in [0.25, 0.3) is 0 Å². The minimum absolute atomic E-state index is 0.365. The normalized spacial score (nSPS) is 10.6. The number of hydrogen-bond donors (Lipinski definition) is 2. The molecule has 2 aromatic heterocycles. The quantitative estimate of drug-likeness (QED) is 0.760. The van der Waals surface area contributed by atoms with E-state index in [-0.39, 0.29) is 0 Å². The zero-order chi connectivity index (χ0) is 13.5. The third-order valence-corrected chi connectivity index (χ3v) is 2.59. The highest BCUT2D eigenvalue weighted by Gasteiger charge is 2.03. The summed E-state index contributed by atoms with van der Waals surface area (Å²) in [6.07, 6.45) is 4.32. The minimum atomic E-state index is 0.365. The molecule has 0 unspecified atom stereocenters. The summed E-state index contributed by atoms with van der Waals surface area (Å²) in [5.74, 6) is 2.21. The smallest absolute Gasteiger partial charge is 0.158 e. The van der Waals surface area contributed by atoms with Crippen molar-refractivity contribution in [3.05, 3.63) is 35.3 Å². The first-order chi connectivity index (χ1) is 9.28. The molecule has 0 aliphatic heterocycles. The first-order valence-electron chi connectivity index (χ1n) is 6.11. The largest absolute Gasteiger partial charge is 0.374 e. The molecule has 7 heteroatoms. The third-order valence-electron chi connectivity index (χ3n) is 2.40. The molecule has 0 saturated carbocycles. The average Bonchev–Trinajstić information content (AvgIpc) is 2.89. The molecule has 0 fully saturated rings. The first kappa shape index (κ1) is 13.8. The SMILES string of the molecule is CCOCc1nc(Cl)cc(NCCc2ncc[nH]2)n1. The molecular formula is C12H16ClN5O. The van der Waals surface area contributed by atoms with Crippen molar-refractivity contribution in [3.63, 3.8) is 0 Å². The van der Waals surface area contributed by atoms with Gasteiger partial charge < -0.3 is 15.0 Å². The van der Waals surface area contributed by atoms with E-state index >= 15 is 0 Å². The number of ether oxygens (including phenoxy) is 1. The fourth-order valence-electron chi connectivity index (χ4n) is 1.56. The lowest BCUT2D eigenvalue weighted by molar-refractivity contribution is 0.128. The van der Waals surface area contributed by atoms with Crippen molar-refractivity contribution in [2.75, 3.05) is 18.5 Å². The lowest BCUT2D eigenvalue weighted by Gasteiger charge is -2.07. The molecule has 6 nitrogen and oxygen atoms in total. The lowest BCUT2D eigenvalue weighted by atomic mass is 10.4. The van der Waals surface area contributed by atoms with Crippen LogP contribution in [0.5, 0.6) is 0 Å². The van der Waals surface area contributed by atoms with Crippen LogP contribution in [0.3, 0.4) is 0 Å². The van der Waals surface area contributed by atoms with Crippen molar-refractivity contribution in [2.45, 2.75) is 20.0 Å². The standard InChI is InChI=1S/C12H16ClN5O/c1-2-19-8-12-17-9(13)7-11(18-12)14-4-3-10-15-5-6-16-10/h5-7H,2-4,8H2,1H3,(H,15,16)(H,14,17,18). The van der Waals surface area contributed by atoms with Crippen molar-refractivity contribution < 1.29 is 4.74 Å². The van der Waals surface area contributed by atoms with Gasteiger partial charge in [-0.1, -0.05) is 11.6 Å². The maximum absolute atomic E-state index is 5.94. The van der Waals surface area contributed by atoms with E-state index in [2.05, 4.69) is 25.3 Å². The number of nitrogens with one attached hydrogen (secondary N) is 2. The van der Waals surface area contributed by atoms with Crippen LogP contribution in [0.1, 0.15) is 18.6 Å². The molecule has 0 amide bonds. The molecule has 0 bridgehead atoms. The number of hydrogen-bond acceptors (Lipinski definition) is 5. The molecule has 0 spiro atoms. The van der Waals surface area contributed by atoms with E-state index in [4.69, 9.17) is 16.3 Å². The summed E-state index contributed by atoms with van der Waals surface area (Å²) in [5.41, 5.74) is 0. The van der Waals surface area contributed by atoms with Gasteiger partial charge in [0.1, 0.15) is 23.4 Å². The van der Waals surface area contributed by atoms with E-state index in [1.807, 2.05) is 6.92 Å². The summed E-state index contributed by atoms with van der Waals surface area (Å²) in [7, 11) is 0. The van der Waals surface area contributed by atoms with E-state index in [9.17, 15) is 0 Å². The fourth-order valence-corrected chi connectivity index (χ4v) is 1.76. The van der Waals surface area contributed by atoms with Gasteiger partial charge in [0.25, 0.3) is 0 Å². The number of aromatic nitrogens is 4. The molecule has 0 aliphatic carbocycles. The van der Waals surface area contributed by atoms with Gasteiger partial charge in [-0.3, -0.25) is 0 Å². The van der Waals surface area contributed by atoms with E-state index < -0.39 is 0 Å². The van der Waals surface area contributed by atoms with Gasteiger partial charge in [0.05, 0.1) is 0 Å². The zero-order valence-corrected chi connectivity index (χ0v) is 11.4. The monoisotopic (exact) mass is 281 g/mol. The number of H-pyrrole nitrogens is 1. The Morgan fingerprint density at radius 3 is 3.05 bits per heavy atom. The second-order valence-electron chi connectivity index (χ2n) is 3.84. The van der Waals surface area contributed by atoms with Gasteiger partial charge in [0.15, 0.2) is 5.82 Å². The molecule has 102 valence electrons.